The van der Waals surface area contributed by atoms with E-state index >= 15 is 0 Å². The molecule has 0 spiro atoms. The average molecular weight is 301 g/mol. The SMILES string of the molecule is O=C(c1ccc(=O)[nH]n1)N1CCSC(c2ccccc2)C1. The molecule has 2 heterocycles. The number of hydrogen-bond acceptors (Lipinski definition) is 4. The summed E-state index contributed by atoms with van der Waals surface area (Å²) in [5.74, 6) is 0.766. The van der Waals surface area contributed by atoms with Gasteiger partial charge < -0.3 is 4.90 Å². The van der Waals surface area contributed by atoms with Crippen LogP contribution in [-0.4, -0.2) is 39.8 Å². The van der Waals surface area contributed by atoms with Gasteiger partial charge in [0.25, 0.3) is 11.5 Å². The number of aromatic amines is 1. The minimum Gasteiger partial charge on any atom is -0.335 e. The van der Waals surface area contributed by atoms with E-state index in [4.69, 9.17) is 0 Å². The molecule has 1 amide bonds. The summed E-state index contributed by atoms with van der Waals surface area (Å²) >= 11 is 1.86. The molecule has 3 rings (SSSR count). The fourth-order valence-corrected chi connectivity index (χ4v) is 3.57. The van der Waals surface area contributed by atoms with E-state index in [9.17, 15) is 9.59 Å². The largest absolute Gasteiger partial charge is 0.335 e. The molecule has 1 saturated heterocycles. The summed E-state index contributed by atoms with van der Waals surface area (Å²) in [6, 6.07) is 13.0. The van der Waals surface area contributed by atoms with E-state index in [0.29, 0.717) is 13.1 Å². The molecule has 1 aliphatic rings. The lowest BCUT2D eigenvalue weighted by molar-refractivity contribution is 0.0754. The number of rotatable bonds is 2. The minimum atomic E-state index is -0.303. The number of thioether (sulfide) groups is 1. The molecule has 108 valence electrons. The summed E-state index contributed by atoms with van der Waals surface area (Å²) in [6.45, 7) is 1.36. The highest BCUT2D eigenvalue weighted by Gasteiger charge is 2.26. The number of benzene rings is 1. The smallest absolute Gasteiger partial charge is 0.274 e. The highest BCUT2D eigenvalue weighted by molar-refractivity contribution is 7.99. The third-order valence-corrected chi connectivity index (χ3v) is 4.67. The van der Waals surface area contributed by atoms with Gasteiger partial charge in [0.1, 0.15) is 5.69 Å². The molecule has 6 heteroatoms. The van der Waals surface area contributed by atoms with Gasteiger partial charge in [-0.3, -0.25) is 9.59 Å². The van der Waals surface area contributed by atoms with Crippen LogP contribution in [0.1, 0.15) is 21.3 Å². The first-order chi connectivity index (χ1) is 10.2. The van der Waals surface area contributed by atoms with Crippen molar-refractivity contribution in [3.8, 4) is 0 Å². The molecule has 1 aromatic heterocycles. The van der Waals surface area contributed by atoms with Gasteiger partial charge >= 0.3 is 0 Å². The van der Waals surface area contributed by atoms with Crippen molar-refractivity contribution in [2.45, 2.75) is 5.25 Å². The number of carbonyl (C=O) groups is 1. The van der Waals surface area contributed by atoms with Crippen LogP contribution in [-0.2, 0) is 0 Å². The Morgan fingerprint density at radius 2 is 2.05 bits per heavy atom. The summed E-state index contributed by atoms with van der Waals surface area (Å²) < 4.78 is 0. The Kier molecular flexibility index (Phi) is 4.06. The van der Waals surface area contributed by atoms with Crippen molar-refractivity contribution in [2.24, 2.45) is 0 Å². The molecule has 2 aromatic rings. The van der Waals surface area contributed by atoms with E-state index in [1.807, 2.05) is 30.0 Å². The zero-order valence-electron chi connectivity index (χ0n) is 11.4. The zero-order valence-corrected chi connectivity index (χ0v) is 12.2. The molecule has 1 aromatic carbocycles. The van der Waals surface area contributed by atoms with Gasteiger partial charge in [-0.2, -0.15) is 16.9 Å². The van der Waals surface area contributed by atoms with Crippen LogP contribution in [0.4, 0.5) is 0 Å². The number of amides is 1. The zero-order chi connectivity index (χ0) is 14.7. The van der Waals surface area contributed by atoms with Gasteiger partial charge in [0.2, 0.25) is 0 Å². The lowest BCUT2D eigenvalue weighted by Crippen LogP contribution is -2.39. The molecule has 0 radical (unpaired) electrons. The predicted octanol–water partition coefficient (Wildman–Crippen LogP) is 1.70. The maximum atomic E-state index is 12.4. The standard InChI is InChI=1S/C15H15N3O2S/c19-14-7-6-12(16-17-14)15(20)18-8-9-21-13(10-18)11-4-2-1-3-5-11/h1-7,13H,8-10H2,(H,17,19). The van der Waals surface area contributed by atoms with Crippen molar-refractivity contribution >= 4 is 17.7 Å². The quantitative estimate of drug-likeness (QED) is 0.917. The highest BCUT2D eigenvalue weighted by atomic mass is 32.2. The maximum absolute atomic E-state index is 12.4. The maximum Gasteiger partial charge on any atom is 0.274 e. The second-order valence-corrected chi connectivity index (χ2v) is 6.14. The summed E-state index contributed by atoms with van der Waals surface area (Å²) in [5.41, 5.74) is 1.21. The summed E-state index contributed by atoms with van der Waals surface area (Å²) in [6.07, 6.45) is 0. The van der Waals surface area contributed by atoms with E-state index in [1.165, 1.54) is 17.7 Å². The molecule has 1 aliphatic heterocycles. The number of H-pyrrole nitrogens is 1. The average Bonchev–Trinajstić information content (AvgIpc) is 2.56. The third kappa shape index (κ3) is 3.16. The van der Waals surface area contributed by atoms with Crippen LogP contribution in [0.5, 0.6) is 0 Å². The monoisotopic (exact) mass is 301 g/mol. The van der Waals surface area contributed by atoms with Crippen molar-refractivity contribution < 1.29 is 4.79 Å². The van der Waals surface area contributed by atoms with Crippen LogP contribution < -0.4 is 5.56 Å². The van der Waals surface area contributed by atoms with Crippen molar-refractivity contribution in [2.75, 3.05) is 18.8 Å². The molecule has 21 heavy (non-hydrogen) atoms. The Labute approximate surface area is 126 Å². The van der Waals surface area contributed by atoms with Crippen LogP contribution in [0.15, 0.2) is 47.3 Å². The van der Waals surface area contributed by atoms with Gasteiger partial charge in [0.05, 0.1) is 0 Å². The van der Waals surface area contributed by atoms with Crippen LogP contribution in [0.2, 0.25) is 0 Å². The fraction of sp³-hybridized carbons (Fsp3) is 0.267. The van der Waals surface area contributed by atoms with Gasteiger partial charge in [-0.15, -0.1) is 0 Å². The molecular formula is C15H15N3O2S. The molecule has 1 N–H and O–H groups in total. The number of nitrogens with one attached hydrogen (secondary N) is 1. The number of carbonyl (C=O) groups excluding carboxylic acids is 1. The van der Waals surface area contributed by atoms with Crippen molar-refractivity contribution in [1.82, 2.24) is 15.1 Å². The van der Waals surface area contributed by atoms with Crippen LogP contribution in [0.25, 0.3) is 0 Å². The van der Waals surface area contributed by atoms with E-state index in [1.54, 1.807) is 4.90 Å². The number of nitrogens with zero attached hydrogens (tertiary/aromatic N) is 2. The van der Waals surface area contributed by atoms with E-state index in [-0.39, 0.29) is 22.4 Å². The van der Waals surface area contributed by atoms with Gasteiger partial charge in [-0.1, -0.05) is 30.3 Å². The Bertz CT molecular complexity index is 666. The minimum absolute atomic E-state index is 0.132. The van der Waals surface area contributed by atoms with Gasteiger partial charge in [0, 0.05) is 30.2 Å². The first kappa shape index (κ1) is 13.9. The lowest BCUT2D eigenvalue weighted by Gasteiger charge is -2.32. The van der Waals surface area contributed by atoms with Crippen LogP contribution in [0, 0.1) is 0 Å². The van der Waals surface area contributed by atoms with Crippen molar-refractivity contribution in [1.29, 1.82) is 0 Å². The molecule has 1 fully saturated rings. The topological polar surface area (TPSA) is 66.1 Å². The molecule has 0 saturated carbocycles. The van der Waals surface area contributed by atoms with Crippen molar-refractivity contribution in [3.63, 3.8) is 0 Å². The Morgan fingerprint density at radius 3 is 2.76 bits per heavy atom. The van der Waals surface area contributed by atoms with Crippen LogP contribution in [0.3, 0.4) is 0 Å². The summed E-state index contributed by atoms with van der Waals surface area (Å²) in [7, 11) is 0. The molecule has 5 nitrogen and oxygen atoms in total. The molecular weight excluding hydrogens is 286 g/mol. The lowest BCUT2D eigenvalue weighted by atomic mass is 10.1. The Hall–Kier alpha value is -2.08. The van der Waals surface area contributed by atoms with Gasteiger partial charge in [0.15, 0.2) is 0 Å². The molecule has 1 atom stereocenters. The highest BCUT2D eigenvalue weighted by Crippen LogP contribution is 2.33. The number of aromatic nitrogens is 2. The van der Waals surface area contributed by atoms with E-state index in [2.05, 4.69) is 22.3 Å². The third-order valence-electron chi connectivity index (χ3n) is 3.42. The summed E-state index contributed by atoms with van der Waals surface area (Å²) in [4.78, 5) is 25.2. The molecule has 1 unspecified atom stereocenters. The number of hydrogen-bond donors (Lipinski definition) is 1. The molecule has 0 bridgehead atoms. The Balaban J connectivity index is 1.75. The van der Waals surface area contributed by atoms with Gasteiger partial charge in [-0.05, 0) is 11.6 Å². The summed E-state index contributed by atoms with van der Waals surface area (Å²) in [5, 5.41) is 6.40. The van der Waals surface area contributed by atoms with Crippen molar-refractivity contribution in [3.05, 3.63) is 64.1 Å². The predicted molar refractivity (Wildman–Crippen MR) is 82.4 cm³/mol. The first-order valence-electron chi connectivity index (χ1n) is 6.75. The van der Waals surface area contributed by atoms with E-state index in [0.717, 1.165) is 5.75 Å². The van der Waals surface area contributed by atoms with E-state index < -0.39 is 0 Å². The second kappa shape index (κ2) is 6.13. The molecule has 0 aliphatic carbocycles. The Morgan fingerprint density at radius 1 is 1.24 bits per heavy atom. The second-order valence-electron chi connectivity index (χ2n) is 4.83. The van der Waals surface area contributed by atoms with Gasteiger partial charge in [-0.25, -0.2) is 5.10 Å². The van der Waals surface area contributed by atoms with Crippen LogP contribution >= 0.6 is 11.8 Å². The fourth-order valence-electron chi connectivity index (χ4n) is 2.33. The normalized spacial score (nSPS) is 18.5. The first-order valence-corrected chi connectivity index (χ1v) is 7.80.